The Bertz CT molecular complexity index is 1090. The number of hydrogen-bond donors (Lipinski definition) is 0. The first kappa shape index (κ1) is 17.7. The SMILES string of the molecule is CC(c1nc(Cc2ccccc2)no1)N1CCN(c2ccc3nnnn3n2)CC1. The van der Waals surface area contributed by atoms with E-state index in [1.165, 1.54) is 10.2 Å². The highest BCUT2D eigenvalue weighted by atomic mass is 16.5. The summed E-state index contributed by atoms with van der Waals surface area (Å²) in [6, 6.07) is 14.1. The van der Waals surface area contributed by atoms with Gasteiger partial charge < -0.3 is 9.42 Å². The molecule has 29 heavy (non-hydrogen) atoms. The first-order chi connectivity index (χ1) is 14.3. The third kappa shape index (κ3) is 3.66. The van der Waals surface area contributed by atoms with Gasteiger partial charge in [-0.05, 0) is 35.0 Å². The van der Waals surface area contributed by atoms with Crippen molar-refractivity contribution in [2.75, 3.05) is 31.1 Å². The lowest BCUT2D eigenvalue weighted by molar-refractivity contribution is 0.164. The van der Waals surface area contributed by atoms with E-state index in [1.54, 1.807) is 0 Å². The zero-order chi connectivity index (χ0) is 19.6. The minimum atomic E-state index is 0.0733. The van der Waals surface area contributed by atoms with Gasteiger partial charge in [-0.2, -0.15) is 4.98 Å². The van der Waals surface area contributed by atoms with Gasteiger partial charge in [0.2, 0.25) is 5.89 Å². The molecule has 0 radical (unpaired) electrons. The molecule has 0 bridgehead atoms. The van der Waals surface area contributed by atoms with Crippen molar-refractivity contribution in [2.45, 2.75) is 19.4 Å². The summed E-state index contributed by atoms with van der Waals surface area (Å²) in [5.74, 6) is 2.26. The van der Waals surface area contributed by atoms with Crippen molar-refractivity contribution >= 4 is 11.5 Å². The lowest BCUT2D eigenvalue weighted by atomic mass is 10.1. The molecule has 0 N–H and O–H groups in total. The predicted octanol–water partition coefficient (Wildman–Crippen LogP) is 1.38. The molecule has 1 saturated heterocycles. The van der Waals surface area contributed by atoms with Crippen LogP contribution < -0.4 is 4.90 Å². The van der Waals surface area contributed by atoms with Crippen molar-refractivity contribution in [3.63, 3.8) is 0 Å². The molecule has 0 amide bonds. The molecular formula is C19H21N9O. The Hall–Kier alpha value is -3.40. The quantitative estimate of drug-likeness (QED) is 0.499. The lowest BCUT2D eigenvalue weighted by Crippen LogP contribution is -2.47. The molecule has 10 nitrogen and oxygen atoms in total. The number of nitrogens with zero attached hydrogens (tertiary/aromatic N) is 9. The van der Waals surface area contributed by atoms with Gasteiger partial charge >= 0.3 is 0 Å². The maximum atomic E-state index is 5.55. The van der Waals surface area contributed by atoms with Crippen molar-refractivity contribution in [2.24, 2.45) is 0 Å². The molecule has 148 valence electrons. The Morgan fingerprint density at radius 2 is 1.86 bits per heavy atom. The minimum absolute atomic E-state index is 0.0733. The zero-order valence-corrected chi connectivity index (χ0v) is 16.1. The van der Waals surface area contributed by atoms with Gasteiger partial charge in [-0.1, -0.05) is 35.5 Å². The molecule has 1 aliphatic rings. The van der Waals surface area contributed by atoms with E-state index in [-0.39, 0.29) is 6.04 Å². The van der Waals surface area contributed by atoms with Gasteiger partial charge in [-0.25, -0.2) is 0 Å². The van der Waals surface area contributed by atoms with Crippen LogP contribution in [0.1, 0.15) is 30.2 Å². The maximum absolute atomic E-state index is 5.55. The van der Waals surface area contributed by atoms with Crippen molar-refractivity contribution in [1.29, 1.82) is 0 Å². The summed E-state index contributed by atoms with van der Waals surface area (Å²) in [7, 11) is 0. The topological polar surface area (TPSA) is 101 Å². The van der Waals surface area contributed by atoms with E-state index in [0.717, 1.165) is 37.8 Å². The van der Waals surface area contributed by atoms with Crippen LogP contribution in [-0.4, -0.2) is 66.5 Å². The van der Waals surface area contributed by atoms with E-state index in [4.69, 9.17) is 4.52 Å². The maximum Gasteiger partial charge on any atom is 0.243 e. The molecule has 5 rings (SSSR count). The summed E-state index contributed by atoms with van der Waals surface area (Å²) in [6.45, 7) is 5.59. The monoisotopic (exact) mass is 391 g/mol. The van der Waals surface area contributed by atoms with Crippen molar-refractivity contribution in [1.82, 2.24) is 40.3 Å². The molecular weight excluding hydrogens is 370 g/mol. The van der Waals surface area contributed by atoms with Crippen LogP contribution in [0.5, 0.6) is 0 Å². The van der Waals surface area contributed by atoms with Crippen molar-refractivity contribution < 1.29 is 4.52 Å². The second-order valence-corrected chi connectivity index (χ2v) is 7.13. The Kier molecular flexibility index (Phi) is 4.60. The zero-order valence-electron chi connectivity index (χ0n) is 16.1. The largest absolute Gasteiger partial charge is 0.353 e. The van der Waals surface area contributed by atoms with Crippen molar-refractivity contribution in [3.05, 3.63) is 59.7 Å². The fraction of sp³-hybridized carbons (Fsp3) is 0.368. The van der Waals surface area contributed by atoms with E-state index in [1.807, 2.05) is 30.3 Å². The second kappa shape index (κ2) is 7.55. The molecule has 4 heterocycles. The average molecular weight is 391 g/mol. The minimum Gasteiger partial charge on any atom is -0.353 e. The second-order valence-electron chi connectivity index (χ2n) is 7.13. The molecule has 10 heteroatoms. The number of hydrogen-bond acceptors (Lipinski definition) is 9. The van der Waals surface area contributed by atoms with Gasteiger partial charge in [-0.15, -0.1) is 14.8 Å². The lowest BCUT2D eigenvalue weighted by Gasteiger charge is -2.37. The van der Waals surface area contributed by atoms with Gasteiger partial charge in [0.1, 0.15) is 0 Å². The van der Waals surface area contributed by atoms with Gasteiger partial charge in [0.15, 0.2) is 17.3 Å². The number of piperazine rings is 1. The van der Waals surface area contributed by atoms with Gasteiger partial charge in [0, 0.05) is 32.6 Å². The molecule has 1 unspecified atom stereocenters. The van der Waals surface area contributed by atoms with E-state index in [0.29, 0.717) is 18.0 Å². The highest BCUT2D eigenvalue weighted by Crippen LogP contribution is 2.22. The summed E-state index contributed by atoms with van der Waals surface area (Å²) >= 11 is 0. The molecule has 1 aromatic carbocycles. The van der Waals surface area contributed by atoms with Crippen LogP contribution in [0.25, 0.3) is 5.65 Å². The van der Waals surface area contributed by atoms with E-state index in [9.17, 15) is 0 Å². The molecule has 0 saturated carbocycles. The summed E-state index contributed by atoms with van der Waals surface area (Å²) < 4.78 is 7.00. The van der Waals surface area contributed by atoms with Crippen LogP contribution in [0.3, 0.4) is 0 Å². The molecule has 3 aromatic heterocycles. The Labute approximate surface area is 167 Å². The number of benzene rings is 1. The highest BCUT2D eigenvalue weighted by molar-refractivity contribution is 5.44. The van der Waals surface area contributed by atoms with E-state index >= 15 is 0 Å². The highest BCUT2D eigenvalue weighted by Gasteiger charge is 2.26. The molecule has 0 aliphatic carbocycles. The molecule has 4 aromatic rings. The molecule has 1 fully saturated rings. The van der Waals surface area contributed by atoms with Crippen molar-refractivity contribution in [3.8, 4) is 0 Å². The Morgan fingerprint density at radius 3 is 2.69 bits per heavy atom. The van der Waals surface area contributed by atoms with Gasteiger partial charge in [0.05, 0.1) is 6.04 Å². The third-order valence-electron chi connectivity index (χ3n) is 5.29. The average Bonchev–Trinajstić information content (AvgIpc) is 3.43. The number of fused-ring (bicyclic) bond motifs is 1. The van der Waals surface area contributed by atoms with Crippen LogP contribution in [0, 0.1) is 0 Å². The summed E-state index contributed by atoms with van der Waals surface area (Å²) in [6.07, 6.45) is 0.677. The normalized spacial score (nSPS) is 16.4. The molecule has 1 aliphatic heterocycles. The van der Waals surface area contributed by atoms with Crippen LogP contribution in [0.2, 0.25) is 0 Å². The fourth-order valence-electron chi connectivity index (χ4n) is 3.59. The smallest absolute Gasteiger partial charge is 0.243 e. The number of rotatable bonds is 5. The van der Waals surface area contributed by atoms with Gasteiger partial charge in [0.25, 0.3) is 0 Å². The van der Waals surface area contributed by atoms with Crippen LogP contribution >= 0.6 is 0 Å². The summed E-state index contributed by atoms with van der Waals surface area (Å²) in [5.41, 5.74) is 1.82. The van der Waals surface area contributed by atoms with Gasteiger partial charge in [-0.3, -0.25) is 4.90 Å². The predicted molar refractivity (Wildman–Crippen MR) is 104 cm³/mol. The molecule has 1 atom stereocenters. The number of aromatic nitrogens is 7. The fourth-order valence-corrected chi connectivity index (χ4v) is 3.59. The third-order valence-corrected chi connectivity index (χ3v) is 5.29. The summed E-state index contributed by atoms with van der Waals surface area (Å²) in [5, 5.41) is 20.0. The van der Waals surface area contributed by atoms with E-state index in [2.05, 4.69) is 59.6 Å². The van der Waals surface area contributed by atoms with E-state index < -0.39 is 0 Å². The Balaban J connectivity index is 1.21. The first-order valence-electron chi connectivity index (χ1n) is 9.67. The molecule has 0 spiro atoms. The summed E-state index contributed by atoms with van der Waals surface area (Å²) in [4.78, 5) is 9.20. The van der Waals surface area contributed by atoms with Crippen LogP contribution in [0.15, 0.2) is 47.0 Å². The van der Waals surface area contributed by atoms with Crippen LogP contribution in [-0.2, 0) is 6.42 Å². The first-order valence-corrected chi connectivity index (χ1v) is 9.67. The number of anilines is 1. The van der Waals surface area contributed by atoms with Crippen LogP contribution in [0.4, 0.5) is 5.82 Å². The number of tetrazole rings is 1. The standard InChI is InChI=1S/C19H21N9O/c1-14(19-20-16(23-29-19)13-15-5-3-2-4-6-15)26-9-11-27(12-10-26)18-8-7-17-21-24-25-28(17)22-18/h2-8,14H,9-13H2,1H3. The Morgan fingerprint density at radius 1 is 1.03 bits per heavy atom.